The first-order valence-electron chi connectivity index (χ1n) is 7.22. The Morgan fingerprint density at radius 3 is 2.14 bits per heavy atom. The normalized spacial score (nSPS) is 13.0. The second kappa shape index (κ2) is 7.09. The van der Waals surface area contributed by atoms with Crippen LogP contribution in [0, 0.1) is 5.41 Å². The van der Waals surface area contributed by atoms with Crippen molar-refractivity contribution < 1.29 is 17.9 Å². The Hall–Kier alpha value is -1.62. The smallest absolute Gasteiger partial charge is 0.338 e. The van der Waals surface area contributed by atoms with Crippen molar-refractivity contribution in [1.82, 2.24) is 0 Å². The molecule has 4 nitrogen and oxygen atoms in total. The molecule has 5 heteroatoms. The quantitative estimate of drug-likeness (QED) is 0.614. The Labute approximate surface area is 133 Å². The predicted molar refractivity (Wildman–Crippen MR) is 88.2 cm³/mol. The van der Waals surface area contributed by atoms with Crippen molar-refractivity contribution in [3.8, 4) is 0 Å². The molecule has 0 aromatic heterocycles. The van der Waals surface area contributed by atoms with E-state index in [1.54, 1.807) is 19.1 Å². The highest BCUT2D eigenvalue weighted by Gasteiger charge is 2.16. The molecule has 0 atom stereocenters. The third kappa shape index (κ3) is 5.64. The molecule has 1 aromatic carbocycles. The number of allylic oxidation sites excluding steroid dienone is 1. The highest BCUT2D eigenvalue weighted by Crippen LogP contribution is 2.25. The molecule has 0 spiro atoms. The largest absolute Gasteiger partial charge is 0.462 e. The molecule has 0 fully saturated rings. The van der Waals surface area contributed by atoms with E-state index in [1.807, 2.05) is 6.08 Å². The maximum absolute atomic E-state index is 12.1. The topological polar surface area (TPSA) is 60.4 Å². The first kappa shape index (κ1) is 18.4. The molecule has 0 radical (unpaired) electrons. The second-order valence-electron chi connectivity index (χ2n) is 6.40. The second-order valence-corrected chi connectivity index (χ2v) is 8.42. The minimum Gasteiger partial charge on any atom is -0.462 e. The standard InChI is InChI=1S/C17H24O4S/c1-6-21-16(18)15(11-12-17(2,3)4)13-7-9-14(10-8-13)22(5,19)20/h7-11H,6,12H2,1-5H3/b15-11+. The molecule has 0 N–H and O–H groups in total. The Balaban J connectivity index is 3.19. The molecule has 0 bridgehead atoms. The molecule has 0 heterocycles. The monoisotopic (exact) mass is 324 g/mol. The fourth-order valence-electron chi connectivity index (χ4n) is 1.82. The van der Waals surface area contributed by atoms with Gasteiger partial charge in [-0.3, -0.25) is 0 Å². The predicted octanol–water partition coefficient (Wildman–Crippen LogP) is 3.47. The molecule has 0 saturated carbocycles. The number of benzene rings is 1. The van der Waals surface area contributed by atoms with Crippen LogP contribution in [0.25, 0.3) is 5.57 Å². The SMILES string of the molecule is CCOC(=O)/C(=C/CC(C)(C)C)c1ccc(S(C)(=O)=O)cc1. The summed E-state index contributed by atoms with van der Waals surface area (Å²) in [4.78, 5) is 12.4. The fraction of sp³-hybridized carbons (Fsp3) is 0.471. The summed E-state index contributed by atoms with van der Waals surface area (Å²) in [5.41, 5.74) is 1.18. The van der Waals surface area contributed by atoms with Gasteiger partial charge in [-0.2, -0.15) is 0 Å². The number of carbonyl (C=O) groups is 1. The molecule has 0 aliphatic rings. The number of hydrogen-bond donors (Lipinski definition) is 0. The van der Waals surface area contributed by atoms with Crippen molar-refractivity contribution in [1.29, 1.82) is 0 Å². The van der Waals surface area contributed by atoms with E-state index >= 15 is 0 Å². The zero-order valence-corrected chi connectivity index (χ0v) is 14.7. The van der Waals surface area contributed by atoms with E-state index in [4.69, 9.17) is 4.74 Å². The van der Waals surface area contributed by atoms with Crippen LogP contribution in [0.1, 0.15) is 39.7 Å². The number of hydrogen-bond acceptors (Lipinski definition) is 4. The Morgan fingerprint density at radius 2 is 1.73 bits per heavy atom. The van der Waals surface area contributed by atoms with Gasteiger partial charge in [0.15, 0.2) is 9.84 Å². The molecule has 122 valence electrons. The van der Waals surface area contributed by atoms with E-state index in [1.165, 1.54) is 12.1 Å². The zero-order chi connectivity index (χ0) is 17.0. The number of sulfone groups is 1. The van der Waals surface area contributed by atoms with Gasteiger partial charge < -0.3 is 4.74 Å². The van der Waals surface area contributed by atoms with Gasteiger partial charge in [-0.25, -0.2) is 13.2 Å². The van der Waals surface area contributed by atoms with Gasteiger partial charge in [0.2, 0.25) is 0 Å². The van der Waals surface area contributed by atoms with Crippen molar-refractivity contribution in [3.63, 3.8) is 0 Å². The Bertz CT molecular complexity index is 647. The lowest BCUT2D eigenvalue weighted by atomic mass is 9.90. The lowest BCUT2D eigenvalue weighted by Gasteiger charge is -2.16. The molecule has 0 aliphatic carbocycles. The molecule has 1 rings (SSSR count). The van der Waals surface area contributed by atoms with E-state index in [-0.39, 0.29) is 16.3 Å². The molecular formula is C17H24O4S. The van der Waals surface area contributed by atoms with E-state index < -0.39 is 9.84 Å². The van der Waals surface area contributed by atoms with Gasteiger partial charge in [0, 0.05) is 6.26 Å². The zero-order valence-electron chi connectivity index (χ0n) is 13.8. The summed E-state index contributed by atoms with van der Waals surface area (Å²) in [6, 6.07) is 6.30. The van der Waals surface area contributed by atoms with Crippen LogP contribution in [0.5, 0.6) is 0 Å². The average molecular weight is 324 g/mol. The average Bonchev–Trinajstić information content (AvgIpc) is 2.37. The van der Waals surface area contributed by atoms with Gasteiger partial charge in [0.25, 0.3) is 0 Å². The highest BCUT2D eigenvalue weighted by molar-refractivity contribution is 7.90. The van der Waals surface area contributed by atoms with Gasteiger partial charge in [0.1, 0.15) is 0 Å². The molecule has 0 saturated heterocycles. The summed E-state index contributed by atoms with van der Waals surface area (Å²) in [5.74, 6) is -0.390. The van der Waals surface area contributed by atoms with Crippen LogP contribution in [-0.4, -0.2) is 27.2 Å². The summed E-state index contributed by atoms with van der Waals surface area (Å²) in [5, 5.41) is 0. The van der Waals surface area contributed by atoms with E-state index in [0.717, 1.165) is 12.7 Å². The molecular weight excluding hydrogens is 300 g/mol. The Kier molecular flexibility index (Phi) is 5.94. The minimum atomic E-state index is -3.25. The van der Waals surface area contributed by atoms with Gasteiger partial charge in [-0.15, -0.1) is 0 Å². The lowest BCUT2D eigenvalue weighted by Crippen LogP contribution is -2.09. The first-order valence-corrected chi connectivity index (χ1v) is 9.11. The number of carbonyl (C=O) groups excluding carboxylic acids is 1. The van der Waals surface area contributed by atoms with Crippen molar-refractivity contribution in [3.05, 3.63) is 35.9 Å². The summed E-state index contributed by atoms with van der Waals surface area (Å²) in [6.45, 7) is 8.30. The maximum Gasteiger partial charge on any atom is 0.338 e. The van der Waals surface area contributed by atoms with Crippen LogP contribution in [0.15, 0.2) is 35.2 Å². The van der Waals surface area contributed by atoms with Crippen LogP contribution < -0.4 is 0 Å². The van der Waals surface area contributed by atoms with Crippen LogP contribution in [0.4, 0.5) is 0 Å². The highest BCUT2D eigenvalue weighted by atomic mass is 32.2. The third-order valence-electron chi connectivity index (χ3n) is 3.01. The van der Waals surface area contributed by atoms with Crippen molar-refractivity contribution in [2.45, 2.75) is 39.0 Å². The fourth-order valence-corrected chi connectivity index (χ4v) is 2.45. The van der Waals surface area contributed by atoms with Crippen LogP contribution in [-0.2, 0) is 19.4 Å². The summed E-state index contributed by atoms with van der Waals surface area (Å²) < 4.78 is 28.1. The van der Waals surface area contributed by atoms with E-state index in [9.17, 15) is 13.2 Å². The Morgan fingerprint density at radius 1 is 1.18 bits per heavy atom. The molecule has 22 heavy (non-hydrogen) atoms. The third-order valence-corrected chi connectivity index (χ3v) is 4.14. The molecule has 0 amide bonds. The molecule has 1 aromatic rings. The number of esters is 1. The van der Waals surface area contributed by atoms with E-state index in [0.29, 0.717) is 17.7 Å². The van der Waals surface area contributed by atoms with Crippen LogP contribution >= 0.6 is 0 Å². The van der Waals surface area contributed by atoms with Crippen molar-refractivity contribution >= 4 is 21.4 Å². The van der Waals surface area contributed by atoms with Crippen molar-refractivity contribution in [2.75, 3.05) is 12.9 Å². The van der Waals surface area contributed by atoms with Gasteiger partial charge >= 0.3 is 5.97 Å². The van der Waals surface area contributed by atoms with E-state index in [2.05, 4.69) is 20.8 Å². The summed E-state index contributed by atoms with van der Waals surface area (Å²) in [6.07, 6.45) is 3.73. The maximum atomic E-state index is 12.1. The molecule has 0 aliphatic heterocycles. The number of ether oxygens (including phenoxy) is 1. The first-order chi connectivity index (χ1) is 10.0. The van der Waals surface area contributed by atoms with Crippen LogP contribution in [0.3, 0.4) is 0 Å². The van der Waals surface area contributed by atoms with Gasteiger partial charge in [-0.1, -0.05) is 39.0 Å². The van der Waals surface area contributed by atoms with Gasteiger partial charge in [-0.05, 0) is 36.5 Å². The minimum absolute atomic E-state index is 0.0461. The summed E-state index contributed by atoms with van der Waals surface area (Å²) >= 11 is 0. The molecule has 0 unspecified atom stereocenters. The van der Waals surface area contributed by atoms with Gasteiger partial charge in [0.05, 0.1) is 17.1 Å². The van der Waals surface area contributed by atoms with Crippen LogP contribution in [0.2, 0.25) is 0 Å². The lowest BCUT2D eigenvalue weighted by molar-refractivity contribution is -0.136. The summed E-state index contributed by atoms with van der Waals surface area (Å²) in [7, 11) is -3.25. The number of rotatable bonds is 5. The van der Waals surface area contributed by atoms with Crippen molar-refractivity contribution in [2.24, 2.45) is 5.41 Å².